The molecule has 128 valence electrons. The summed E-state index contributed by atoms with van der Waals surface area (Å²) in [6.07, 6.45) is 1.66. The molecule has 3 aromatic rings. The van der Waals surface area contributed by atoms with Gasteiger partial charge >= 0.3 is 0 Å². The monoisotopic (exact) mass is 334 g/mol. The van der Waals surface area contributed by atoms with Gasteiger partial charge in [-0.2, -0.15) is 0 Å². The minimum atomic E-state index is -0.189. The average Bonchev–Trinajstić information content (AvgIpc) is 3.05. The molecule has 1 amide bonds. The lowest BCUT2D eigenvalue weighted by Crippen LogP contribution is -2.24. The van der Waals surface area contributed by atoms with Gasteiger partial charge in [0, 0.05) is 6.54 Å². The quantitative estimate of drug-likeness (QED) is 0.751. The third-order valence-corrected chi connectivity index (χ3v) is 4.04. The molecule has 0 unspecified atom stereocenters. The molecule has 25 heavy (non-hydrogen) atoms. The summed E-state index contributed by atoms with van der Waals surface area (Å²) in [5.74, 6) is -0.189. The van der Waals surface area contributed by atoms with E-state index in [0.717, 1.165) is 29.8 Å². The fourth-order valence-electron chi connectivity index (χ4n) is 2.69. The van der Waals surface area contributed by atoms with Crippen molar-refractivity contribution in [3.8, 4) is 5.69 Å². The van der Waals surface area contributed by atoms with E-state index < -0.39 is 0 Å². The van der Waals surface area contributed by atoms with Crippen molar-refractivity contribution in [1.82, 2.24) is 20.3 Å². The number of carbonyl (C=O) groups excluding carboxylic acids is 1. The lowest BCUT2D eigenvalue weighted by molar-refractivity contribution is 0.0945. The van der Waals surface area contributed by atoms with E-state index in [9.17, 15) is 4.79 Å². The highest BCUT2D eigenvalue weighted by Gasteiger charge is 2.19. The van der Waals surface area contributed by atoms with Crippen LogP contribution in [0.5, 0.6) is 0 Å². The van der Waals surface area contributed by atoms with Crippen LogP contribution in [0.4, 0.5) is 0 Å². The van der Waals surface area contributed by atoms with Crippen molar-refractivity contribution in [2.24, 2.45) is 0 Å². The Bertz CT molecular complexity index is 838. The largest absolute Gasteiger partial charge is 0.347 e. The number of nitrogens with one attached hydrogen (secondary N) is 1. The number of carbonyl (C=O) groups is 1. The Hall–Kier alpha value is -2.95. The molecule has 0 atom stereocenters. The first-order valence-corrected chi connectivity index (χ1v) is 8.52. The van der Waals surface area contributed by atoms with E-state index in [1.54, 1.807) is 4.68 Å². The fourth-order valence-corrected chi connectivity index (χ4v) is 2.69. The number of benzene rings is 2. The molecular formula is C20H22N4O. The van der Waals surface area contributed by atoms with Crippen LogP contribution in [-0.4, -0.2) is 20.9 Å². The van der Waals surface area contributed by atoms with E-state index in [1.165, 1.54) is 5.56 Å². The van der Waals surface area contributed by atoms with Crippen LogP contribution in [0, 0.1) is 6.92 Å². The van der Waals surface area contributed by atoms with Gasteiger partial charge in [0.05, 0.1) is 11.4 Å². The van der Waals surface area contributed by atoms with Crippen molar-refractivity contribution in [3.05, 3.63) is 77.1 Å². The Balaban J connectivity index is 1.83. The first-order chi connectivity index (χ1) is 12.2. The van der Waals surface area contributed by atoms with Gasteiger partial charge in [0.1, 0.15) is 0 Å². The molecule has 5 heteroatoms. The van der Waals surface area contributed by atoms with Crippen LogP contribution in [-0.2, 0) is 13.0 Å². The molecule has 0 aliphatic carbocycles. The smallest absolute Gasteiger partial charge is 0.274 e. The molecule has 1 aromatic heterocycles. The number of aromatic nitrogens is 3. The maximum atomic E-state index is 12.6. The zero-order chi connectivity index (χ0) is 17.6. The number of rotatable bonds is 6. The Morgan fingerprint density at radius 2 is 1.80 bits per heavy atom. The van der Waals surface area contributed by atoms with Crippen LogP contribution < -0.4 is 5.32 Å². The molecule has 0 aliphatic rings. The van der Waals surface area contributed by atoms with Crippen LogP contribution in [0.1, 0.15) is 40.7 Å². The summed E-state index contributed by atoms with van der Waals surface area (Å²) in [5, 5.41) is 11.3. The summed E-state index contributed by atoms with van der Waals surface area (Å²) < 4.78 is 1.76. The second kappa shape index (κ2) is 7.75. The fraction of sp³-hybridized carbons (Fsp3) is 0.250. The first kappa shape index (κ1) is 16.9. The average molecular weight is 334 g/mol. The molecule has 0 fully saturated rings. The van der Waals surface area contributed by atoms with Crippen molar-refractivity contribution >= 4 is 5.91 Å². The molecular weight excluding hydrogens is 312 g/mol. The molecule has 1 heterocycles. The summed E-state index contributed by atoms with van der Waals surface area (Å²) in [6.45, 7) is 4.60. The molecule has 0 spiro atoms. The van der Waals surface area contributed by atoms with Gasteiger partial charge in [-0.05, 0) is 31.0 Å². The number of hydrogen-bond acceptors (Lipinski definition) is 3. The summed E-state index contributed by atoms with van der Waals surface area (Å²) in [4.78, 5) is 12.6. The lowest BCUT2D eigenvalue weighted by Gasteiger charge is -2.08. The molecule has 0 saturated heterocycles. The molecule has 2 aromatic carbocycles. The van der Waals surface area contributed by atoms with E-state index in [4.69, 9.17) is 0 Å². The predicted octanol–water partition coefficient (Wildman–Crippen LogP) is 3.46. The Kier molecular flexibility index (Phi) is 5.23. The molecule has 3 rings (SSSR count). The lowest BCUT2D eigenvalue weighted by atomic mass is 10.1. The summed E-state index contributed by atoms with van der Waals surface area (Å²) >= 11 is 0. The summed E-state index contributed by atoms with van der Waals surface area (Å²) in [6, 6.07) is 17.9. The van der Waals surface area contributed by atoms with Gasteiger partial charge in [-0.15, -0.1) is 5.10 Å². The van der Waals surface area contributed by atoms with Crippen LogP contribution >= 0.6 is 0 Å². The highest BCUT2D eigenvalue weighted by molar-refractivity contribution is 5.93. The minimum absolute atomic E-state index is 0.189. The number of hydrogen-bond donors (Lipinski definition) is 1. The molecule has 1 N–H and O–H groups in total. The maximum Gasteiger partial charge on any atom is 0.274 e. The van der Waals surface area contributed by atoms with E-state index in [2.05, 4.69) is 22.6 Å². The number of amides is 1. The van der Waals surface area contributed by atoms with Gasteiger partial charge in [-0.25, -0.2) is 4.68 Å². The van der Waals surface area contributed by atoms with E-state index in [1.807, 2.05) is 61.5 Å². The van der Waals surface area contributed by atoms with Crippen molar-refractivity contribution < 1.29 is 4.79 Å². The van der Waals surface area contributed by atoms with E-state index >= 15 is 0 Å². The topological polar surface area (TPSA) is 59.8 Å². The van der Waals surface area contributed by atoms with Crippen molar-refractivity contribution in [2.75, 3.05) is 0 Å². The van der Waals surface area contributed by atoms with Gasteiger partial charge in [0.25, 0.3) is 5.91 Å². The number of aryl methyl sites for hydroxylation is 1. The summed E-state index contributed by atoms with van der Waals surface area (Å²) in [5.41, 5.74) is 4.40. The second-order valence-corrected chi connectivity index (χ2v) is 6.05. The molecule has 5 nitrogen and oxygen atoms in total. The van der Waals surface area contributed by atoms with Crippen LogP contribution in [0.15, 0.2) is 54.6 Å². The van der Waals surface area contributed by atoms with E-state index in [0.29, 0.717) is 12.2 Å². The first-order valence-electron chi connectivity index (χ1n) is 8.52. The third kappa shape index (κ3) is 3.94. The number of nitrogens with zero attached hydrogens (tertiary/aromatic N) is 3. The maximum absolute atomic E-state index is 12.6. The van der Waals surface area contributed by atoms with Crippen LogP contribution in [0.3, 0.4) is 0 Å². The van der Waals surface area contributed by atoms with Gasteiger partial charge in [-0.3, -0.25) is 4.79 Å². The highest BCUT2D eigenvalue weighted by atomic mass is 16.2. The van der Waals surface area contributed by atoms with Crippen molar-refractivity contribution in [1.29, 1.82) is 0 Å². The van der Waals surface area contributed by atoms with Crippen molar-refractivity contribution in [2.45, 2.75) is 33.2 Å². The Morgan fingerprint density at radius 1 is 1.08 bits per heavy atom. The zero-order valence-electron chi connectivity index (χ0n) is 14.6. The third-order valence-electron chi connectivity index (χ3n) is 4.04. The van der Waals surface area contributed by atoms with Crippen molar-refractivity contribution in [3.63, 3.8) is 0 Å². The molecule has 0 bridgehead atoms. The Morgan fingerprint density at radius 3 is 2.48 bits per heavy atom. The standard InChI is InChI=1S/C20H22N4O/c1-3-7-18-19(20(25)21-14-16-8-5-4-6-9-16)22-23-24(18)17-12-10-15(2)11-13-17/h4-6,8-13H,3,7,14H2,1-2H3,(H,21,25). The molecule has 0 radical (unpaired) electrons. The summed E-state index contributed by atoms with van der Waals surface area (Å²) in [7, 11) is 0. The normalized spacial score (nSPS) is 10.6. The minimum Gasteiger partial charge on any atom is -0.347 e. The predicted molar refractivity (Wildman–Crippen MR) is 97.7 cm³/mol. The second-order valence-electron chi connectivity index (χ2n) is 6.05. The van der Waals surface area contributed by atoms with Crippen LogP contribution in [0.25, 0.3) is 5.69 Å². The van der Waals surface area contributed by atoms with Gasteiger partial charge in [-0.1, -0.05) is 66.6 Å². The van der Waals surface area contributed by atoms with E-state index in [-0.39, 0.29) is 5.91 Å². The van der Waals surface area contributed by atoms with Gasteiger partial charge < -0.3 is 5.32 Å². The molecule has 0 saturated carbocycles. The van der Waals surface area contributed by atoms with Gasteiger partial charge in [0.15, 0.2) is 5.69 Å². The molecule has 0 aliphatic heterocycles. The zero-order valence-corrected chi connectivity index (χ0v) is 14.6. The highest BCUT2D eigenvalue weighted by Crippen LogP contribution is 2.16. The Labute approximate surface area is 147 Å². The van der Waals surface area contributed by atoms with Crippen LogP contribution in [0.2, 0.25) is 0 Å². The van der Waals surface area contributed by atoms with Gasteiger partial charge in [0.2, 0.25) is 0 Å². The SMILES string of the molecule is CCCc1c(C(=O)NCc2ccccc2)nnn1-c1ccc(C)cc1.